The van der Waals surface area contributed by atoms with E-state index in [-0.39, 0.29) is 0 Å². The molecule has 2 aromatic heterocycles. The third kappa shape index (κ3) is 2.46. The number of imidazole rings is 1. The van der Waals surface area contributed by atoms with Gasteiger partial charge in [-0.2, -0.15) is 5.10 Å². The van der Waals surface area contributed by atoms with Crippen LogP contribution in [0.2, 0.25) is 0 Å². The van der Waals surface area contributed by atoms with Crippen molar-refractivity contribution in [3.63, 3.8) is 0 Å². The second kappa shape index (κ2) is 5.76. The van der Waals surface area contributed by atoms with Gasteiger partial charge < -0.3 is 4.57 Å². The van der Waals surface area contributed by atoms with Gasteiger partial charge in [0.2, 0.25) is 0 Å². The lowest BCUT2D eigenvalue weighted by atomic mass is 10.0. The van der Waals surface area contributed by atoms with Crippen molar-refractivity contribution >= 4 is 22.8 Å². The van der Waals surface area contributed by atoms with Crippen molar-refractivity contribution in [2.24, 2.45) is 13.0 Å². The fourth-order valence-electron chi connectivity index (χ4n) is 3.55. The molecule has 1 fully saturated rings. The Morgan fingerprint density at radius 3 is 2.75 bits per heavy atom. The van der Waals surface area contributed by atoms with Crippen LogP contribution in [-0.4, -0.2) is 19.3 Å². The van der Waals surface area contributed by atoms with E-state index in [1.807, 2.05) is 18.7 Å². The van der Waals surface area contributed by atoms with Crippen LogP contribution in [0, 0.1) is 12.8 Å². The molecule has 1 saturated carbocycles. The topological polar surface area (TPSA) is 35.6 Å². The lowest BCUT2D eigenvalue weighted by Gasteiger charge is -2.11. The Bertz CT molecular complexity index is 593. The molecular formula is C15H23ClN4. The van der Waals surface area contributed by atoms with Crippen LogP contribution in [0.25, 0.3) is 11.2 Å². The van der Waals surface area contributed by atoms with Crippen molar-refractivity contribution in [2.75, 3.05) is 0 Å². The number of rotatable bonds is 5. The van der Waals surface area contributed by atoms with Gasteiger partial charge in [0.15, 0.2) is 5.65 Å². The molecule has 2 heterocycles. The zero-order valence-electron chi connectivity index (χ0n) is 12.4. The predicted octanol–water partition coefficient (Wildman–Crippen LogP) is 3.79. The molecule has 20 heavy (non-hydrogen) atoms. The van der Waals surface area contributed by atoms with E-state index in [0.29, 0.717) is 5.88 Å². The first-order valence-corrected chi connectivity index (χ1v) is 8.19. The maximum Gasteiger partial charge on any atom is 0.158 e. The Morgan fingerprint density at radius 1 is 1.30 bits per heavy atom. The van der Waals surface area contributed by atoms with Crippen LogP contribution in [0.5, 0.6) is 0 Å². The molecule has 0 saturated heterocycles. The summed E-state index contributed by atoms with van der Waals surface area (Å²) in [6, 6.07) is 0. The summed E-state index contributed by atoms with van der Waals surface area (Å²) in [7, 11) is 1.99. The van der Waals surface area contributed by atoms with Crippen molar-refractivity contribution in [1.29, 1.82) is 0 Å². The molecule has 0 N–H and O–H groups in total. The SMILES string of the molecule is Cc1nn(C)c2c1nc(CCl)n2CCCC1CCCC1. The highest BCUT2D eigenvalue weighted by atomic mass is 35.5. The summed E-state index contributed by atoms with van der Waals surface area (Å²) in [6.45, 7) is 3.02. The van der Waals surface area contributed by atoms with Crippen LogP contribution in [0.4, 0.5) is 0 Å². The monoisotopic (exact) mass is 294 g/mol. The molecule has 1 aliphatic carbocycles. The molecule has 3 rings (SSSR count). The van der Waals surface area contributed by atoms with Gasteiger partial charge in [-0.3, -0.25) is 4.68 Å². The highest BCUT2D eigenvalue weighted by Gasteiger charge is 2.18. The lowest BCUT2D eigenvalue weighted by molar-refractivity contribution is 0.457. The summed E-state index contributed by atoms with van der Waals surface area (Å²) in [5.41, 5.74) is 3.11. The molecule has 0 aromatic carbocycles. The van der Waals surface area contributed by atoms with Gasteiger partial charge >= 0.3 is 0 Å². The van der Waals surface area contributed by atoms with Crippen molar-refractivity contribution in [3.8, 4) is 0 Å². The maximum absolute atomic E-state index is 6.06. The number of aryl methyl sites for hydroxylation is 3. The molecule has 1 aliphatic rings. The number of alkyl halides is 1. The van der Waals surface area contributed by atoms with Gasteiger partial charge in [0.25, 0.3) is 0 Å². The minimum absolute atomic E-state index is 0.470. The predicted molar refractivity (Wildman–Crippen MR) is 82.0 cm³/mol. The molecule has 0 bridgehead atoms. The average molecular weight is 295 g/mol. The van der Waals surface area contributed by atoms with Crippen LogP contribution in [0.15, 0.2) is 0 Å². The maximum atomic E-state index is 6.06. The van der Waals surface area contributed by atoms with E-state index in [0.717, 1.165) is 35.1 Å². The van der Waals surface area contributed by atoms with Gasteiger partial charge in [-0.05, 0) is 25.7 Å². The van der Waals surface area contributed by atoms with Gasteiger partial charge in [0, 0.05) is 13.6 Å². The minimum atomic E-state index is 0.470. The third-order valence-corrected chi connectivity index (χ3v) is 4.80. The molecule has 5 heteroatoms. The molecule has 0 aliphatic heterocycles. The number of fused-ring (bicyclic) bond motifs is 1. The number of aromatic nitrogens is 4. The minimum Gasteiger partial charge on any atom is -0.312 e. The van der Waals surface area contributed by atoms with E-state index in [2.05, 4.69) is 14.6 Å². The summed E-state index contributed by atoms with van der Waals surface area (Å²) in [4.78, 5) is 4.65. The molecule has 2 aromatic rings. The summed E-state index contributed by atoms with van der Waals surface area (Å²) in [5.74, 6) is 2.39. The molecule has 0 atom stereocenters. The van der Waals surface area contributed by atoms with Crippen LogP contribution in [-0.2, 0) is 19.5 Å². The largest absolute Gasteiger partial charge is 0.312 e. The Kier molecular flexibility index (Phi) is 4.01. The Labute approximate surface area is 125 Å². The van der Waals surface area contributed by atoms with E-state index in [9.17, 15) is 0 Å². The zero-order valence-corrected chi connectivity index (χ0v) is 13.2. The van der Waals surface area contributed by atoms with Crippen molar-refractivity contribution < 1.29 is 0 Å². The first-order valence-electron chi connectivity index (χ1n) is 7.65. The van der Waals surface area contributed by atoms with E-state index >= 15 is 0 Å². The average Bonchev–Trinajstić information content (AvgIpc) is 3.10. The van der Waals surface area contributed by atoms with Gasteiger partial charge in [-0.25, -0.2) is 4.98 Å². The van der Waals surface area contributed by atoms with Gasteiger partial charge in [-0.15, -0.1) is 11.6 Å². The first kappa shape index (κ1) is 13.9. The Hall–Kier alpha value is -1.03. The molecule has 0 amide bonds. The molecule has 110 valence electrons. The van der Waals surface area contributed by atoms with Crippen LogP contribution >= 0.6 is 11.6 Å². The van der Waals surface area contributed by atoms with Crippen molar-refractivity contribution in [2.45, 2.75) is 57.9 Å². The molecule has 4 nitrogen and oxygen atoms in total. The smallest absolute Gasteiger partial charge is 0.158 e. The first-order chi connectivity index (χ1) is 9.70. The summed E-state index contributed by atoms with van der Waals surface area (Å²) < 4.78 is 4.20. The van der Waals surface area contributed by atoms with Gasteiger partial charge in [-0.1, -0.05) is 25.7 Å². The molecular weight excluding hydrogens is 272 g/mol. The summed E-state index contributed by atoms with van der Waals surface area (Å²) >= 11 is 6.06. The van der Waals surface area contributed by atoms with Crippen LogP contribution in [0.3, 0.4) is 0 Å². The Morgan fingerprint density at radius 2 is 2.05 bits per heavy atom. The zero-order chi connectivity index (χ0) is 14.1. The Balaban J connectivity index is 1.78. The van der Waals surface area contributed by atoms with E-state index in [4.69, 9.17) is 11.6 Å². The van der Waals surface area contributed by atoms with E-state index in [1.54, 1.807) is 0 Å². The van der Waals surface area contributed by atoms with Gasteiger partial charge in [0.1, 0.15) is 11.3 Å². The highest BCUT2D eigenvalue weighted by molar-refractivity contribution is 6.16. The quantitative estimate of drug-likeness (QED) is 0.787. The number of hydrogen-bond donors (Lipinski definition) is 0. The highest BCUT2D eigenvalue weighted by Crippen LogP contribution is 2.29. The second-order valence-electron chi connectivity index (χ2n) is 5.99. The van der Waals surface area contributed by atoms with Crippen molar-refractivity contribution in [3.05, 3.63) is 11.5 Å². The number of halogens is 1. The molecule has 0 unspecified atom stereocenters. The standard InChI is InChI=1S/C15H23ClN4/c1-11-14-15(19(2)18-11)20(13(10-16)17-14)9-5-8-12-6-3-4-7-12/h12H,3-10H2,1-2H3. The lowest BCUT2D eigenvalue weighted by Crippen LogP contribution is -2.08. The fraction of sp³-hybridized carbons (Fsp3) is 0.733. The van der Waals surface area contributed by atoms with Crippen LogP contribution < -0.4 is 0 Å². The number of hydrogen-bond acceptors (Lipinski definition) is 2. The van der Waals surface area contributed by atoms with E-state index < -0.39 is 0 Å². The molecule has 0 radical (unpaired) electrons. The van der Waals surface area contributed by atoms with Gasteiger partial charge in [0.05, 0.1) is 11.6 Å². The third-order valence-electron chi connectivity index (χ3n) is 4.56. The fourth-order valence-corrected chi connectivity index (χ4v) is 3.76. The normalized spacial score (nSPS) is 16.6. The second-order valence-corrected chi connectivity index (χ2v) is 6.25. The number of nitrogens with zero attached hydrogens (tertiary/aromatic N) is 4. The summed E-state index contributed by atoms with van der Waals surface area (Å²) in [6.07, 6.45) is 8.24. The van der Waals surface area contributed by atoms with Crippen molar-refractivity contribution in [1.82, 2.24) is 19.3 Å². The summed E-state index contributed by atoms with van der Waals surface area (Å²) in [5, 5.41) is 4.46. The molecule has 0 spiro atoms. The van der Waals surface area contributed by atoms with E-state index in [1.165, 1.54) is 38.5 Å². The van der Waals surface area contributed by atoms with Crippen LogP contribution in [0.1, 0.15) is 50.0 Å².